The van der Waals surface area contributed by atoms with Crippen LogP contribution in [0.25, 0.3) is 0 Å². The van der Waals surface area contributed by atoms with Gasteiger partial charge in [-0.05, 0) is 25.4 Å². The van der Waals surface area contributed by atoms with Crippen molar-refractivity contribution in [1.29, 1.82) is 0 Å². The number of thioether (sulfide) groups is 2. The number of carbonyl (C=O) groups is 2. The molecule has 10 nitrogen and oxygen atoms in total. The van der Waals surface area contributed by atoms with E-state index in [0.717, 1.165) is 0 Å². The van der Waals surface area contributed by atoms with E-state index in [2.05, 4.69) is 20.4 Å². The number of rotatable bonds is 10. The van der Waals surface area contributed by atoms with Crippen LogP contribution in [0.15, 0.2) is 19.3 Å². The summed E-state index contributed by atoms with van der Waals surface area (Å²) in [6.45, 7) is 0. The molecule has 12 heteroatoms. The SMILES string of the molecule is CSc1nnc(CCC(CCc2nnc(SC)o2)(C(=O)O)C(=O)O)o1. The van der Waals surface area contributed by atoms with Gasteiger partial charge in [-0.3, -0.25) is 9.59 Å². The Bertz CT molecular complexity index is 684. The molecule has 2 heterocycles. The van der Waals surface area contributed by atoms with Gasteiger partial charge in [0.1, 0.15) is 0 Å². The number of hydrogen-bond acceptors (Lipinski definition) is 10. The van der Waals surface area contributed by atoms with Gasteiger partial charge in [0.15, 0.2) is 5.41 Å². The summed E-state index contributed by atoms with van der Waals surface area (Å²) in [6, 6.07) is 0. The molecule has 0 saturated heterocycles. The Morgan fingerprint density at radius 3 is 1.56 bits per heavy atom. The van der Waals surface area contributed by atoms with Crippen LogP contribution in [0.1, 0.15) is 24.6 Å². The molecule has 2 rings (SSSR count). The molecule has 0 aliphatic carbocycles. The smallest absolute Gasteiger partial charge is 0.321 e. The van der Waals surface area contributed by atoms with Crippen molar-refractivity contribution in [2.24, 2.45) is 5.41 Å². The summed E-state index contributed by atoms with van der Waals surface area (Å²) < 4.78 is 10.6. The van der Waals surface area contributed by atoms with Gasteiger partial charge >= 0.3 is 11.9 Å². The van der Waals surface area contributed by atoms with Gasteiger partial charge < -0.3 is 19.0 Å². The molecule has 0 fully saturated rings. The van der Waals surface area contributed by atoms with E-state index < -0.39 is 17.4 Å². The predicted molar refractivity (Wildman–Crippen MR) is 86.5 cm³/mol. The van der Waals surface area contributed by atoms with Gasteiger partial charge in [-0.1, -0.05) is 23.5 Å². The summed E-state index contributed by atoms with van der Waals surface area (Å²) in [4.78, 5) is 23.4. The van der Waals surface area contributed by atoms with Crippen LogP contribution in [-0.2, 0) is 22.4 Å². The fraction of sp³-hybridized carbons (Fsp3) is 0.538. The number of aliphatic carboxylic acids is 2. The van der Waals surface area contributed by atoms with Crippen LogP contribution in [0, 0.1) is 5.41 Å². The Hall–Kier alpha value is -2.08. The Labute approximate surface area is 150 Å². The van der Waals surface area contributed by atoms with E-state index in [1.165, 1.54) is 23.5 Å². The highest BCUT2D eigenvalue weighted by Crippen LogP contribution is 2.31. The van der Waals surface area contributed by atoms with Gasteiger partial charge in [0, 0.05) is 12.8 Å². The lowest BCUT2D eigenvalue weighted by molar-refractivity contribution is -0.166. The van der Waals surface area contributed by atoms with Crippen molar-refractivity contribution in [2.75, 3.05) is 12.5 Å². The average Bonchev–Trinajstić information content (AvgIpc) is 3.23. The molecule has 136 valence electrons. The third-order valence-electron chi connectivity index (χ3n) is 3.60. The van der Waals surface area contributed by atoms with E-state index >= 15 is 0 Å². The standard InChI is InChI=1S/C13H16N4O6S2/c1-24-11-16-14-7(22-11)3-5-13(9(18)19,10(20)21)6-4-8-15-17-12(23-8)25-2/h3-6H2,1-2H3,(H,18,19)(H,20,21). The molecular formula is C13H16N4O6S2. The van der Waals surface area contributed by atoms with E-state index in [0.29, 0.717) is 10.4 Å². The highest BCUT2D eigenvalue weighted by atomic mass is 32.2. The molecule has 0 spiro atoms. The van der Waals surface area contributed by atoms with Crippen molar-refractivity contribution in [2.45, 2.75) is 36.1 Å². The van der Waals surface area contributed by atoms with Crippen molar-refractivity contribution in [1.82, 2.24) is 20.4 Å². The number of aryl methyl sites for hydroxylation is 2. The topological polar surface area (TPSA) is 152 Å². The first-order valence-corrected chi connectivity index (χ1v) is 9.55. The highest BCUT2D eigenvalue weighted by molar-refractivity contribution is 7.98. The fourth-order valence-corrected chi connectivity index (χ4v) is 2.73. The molecule has 25 heavy (non-hydrogen) atoms. The van der Waals surface area contributed by atoms with E-state index in [4.69, 9.17) is 8.83 Å². The summed E-state index contributed by atoms with van der Waals surface area (Å²) in [6.07, 6.45) is 3.18. The van der Waals surface area contributed by atoms with Gasteiger partial charge in [-0.15, -0.1) is 20.4 Å². The fourth-order valence-electron chi connectivity index (χ4n) is 2.13. The molecule has 0 aliphatic heterocycles. The number of carboxylic acid groups (broad SMARTS) is 2. The minimum Gasteiger partial charge on any atom is -0.480 e. The third-order valence-corrected chi connectivity index (χ3v) is 4.62. The van der Waals surface area contributed by atoms with E-state index in [1.807, 2.05) is 0 Å². The second-order valence-corrected chi connectivity index (χ2v) is 6.54. The third kappa shape index (κ3) is 4.51. The summed E-state index contributed by atoms with van der Waals surface area (Å²) in [5.41, 5.74) is -2.01. The zero-order chi connectivity index (χ0) is 18.4. The molecule has 2 N–H and O–H groups in total. The van der Waals surface area contributed by atoms with Gasteiger partial charge in [0.05, 0.1) is 0 Å². The first kappa shape index (κ1) is 19.2. The number of hydrogen-bond donors (Lipinski definition) is 2. The van der Waals surface area contributed by atoms with E-state index in [-0.39, 0.29) is 37.5 Å². The monoisotopic (exact) mass is 388 g/mol. The molecule has 0 saturated carbocycles. The number of nitrogens with zero attached hydrogens (tertiary/aromatic N) is 4. The minimum atomic E-state index is -2.01. The first-order chi connectivity index (χ1) is 11.9. The van der Waals surface area contributed by atoms with Gasteiger partial charge in [-0.25, -0.2) is 0 Å². The summed E-state index contributed by atoms with van der Waals surface area (Å²) in [7, 11) is 0. The molecule has 0 aliphatic rings. The molecule has 0 unspecified atom stereocenters. The summed E-state index contributed by atoms with van der Waals surface area (Å²) in [5.74, 6) is -2.49. The van der Waals surface area contributed by atoms with Crippen LogP contribution in [-0.4, -0.2) is 55.1 Å². The van der Waals surface area contributed by atoms with E-state index in [9.17, 15) is 19.8 Å². The molecule has 0 amide bonds. The molecular weight excluding hydrogens is 372 g/mol. The van der Waals surface area contributed by atoms with Crippen LogP contribution in [0.2, 0.25) is 0 Å². The van der Waals surface area contributed by atoms with Crippen LogP contribution in [0.4, 0.5) is 0 Å². The van der Waals surface area contributed by atoms with Crippen molar-refractivity contribution in [3.05, 3.63) is 11.8 Å². The lowest BCUT2D eigenvalue weighted by Gasteiger charge is -2.23. The normalized spacial score (nSPS) is 11.6. The maximum absolute atomic E-state index is 11.7. The van der Waals surface area contributed by atoms with Crippen molar-refractivity contribution in [3.63, 3.8) is 0 Å². The molecule has 0 bridgehead atoms. The number of carboxylic acids is 2. The molecule has 2 aromatic heterocycles. The van der Waals surface area contributed by atoms with Crippen LogP contribution < -0.4 is 0 Å². The lowest BCUT2D eigenvalue weighted by Crippen LogP contribution is -2.40. The van der Waals surface area contributed by atoms with Gasteiger partial charge in [-0.2, -0.15) is 0 Å². The Balaban J connectivity index is 2.12. The zero-order valence-electron chi connectivity index (χ0n) is 13.5. The van der Waals surface area contributed by atoms with Crippen LogP contribution in [0.3, 0.4) is 0 Å². The summed E-state index contributed by atoms with van der Waals surface area (Å²) in [5, 5.41) is 34.8. The molecule has 2 aromatic rings. The van der Waals surface area contributed by atoms with Crippen molar-refractivity contribution >= 4 is 35.5 Å². The second-order valence-electron chi connectivity index (χ2n) is 5.02. The van der Waals surface area contributed by atoms with Crippen LogP contribution >= 0.6 is 23.5 Å². The lowest BCUT2D eigenvalue weighted by atomic mass is 9.79. The first-order valence-electron chi connectivity index (χ1n) is 7.11. The summed E-state index contributed by atoms with van der Waals surface area (Å²) >= 11 is 2.49. The zero-order valence-corrected chi connectivity index (χ0v) is 15.1. The molecule has 0 aromatic carbocycles. The quantitative estimate of drug-likeness (QED) is 0.449. The Morgan fingerprint density at radius 1 is 0.880 bits per heavy atom. The van der Waals surface area contributed by atoms with Crippen molar-refractivity contribution in [3.8, 4) is 0 Å². The van der Waals surface area contributed by atoms with Crippen molar-refractivity contribution < 1.29 is 28.6 Å². The maximum atomic E-state index is 11.7. The second kappa shape index (κ2) is 8.34. The van der Waals surface area contributed by atoms with Gasteiger partial charge in [0.25, 0.3) is 10.4 Å². The predicted octanol–water partition coefficient (Wildman–Crippen LogP) is 1.62. The maximum Gasteiger partial charge on any atom is 0.321 e. The largest absolute Gasteiger partial charge is 0.480 e. The molecule has 0 atom stereocenters. The van der Waals surface area contributed by atoms with Gasteiger partial charge in [0.2, 0.25) is 11.8 Å². The minimum absolute atomic E-state index is 0.0338. The highest BCUT2D eigenvalue weighted by Gasteiger charge is 2.46. The Kier molecular flexibility index (Phi) is 6.42. The van der Waals surface area contributed by atoms with Crippen LogP contribution in [0.5, 0.6) is 0 Å². The average molecular weight is 388 g/mol. The number of aromatic nitrogens is 4. The Morgan fingerprint density at radius 2 is 1.28 bits per heavy atom. The molecule has 0 radical (unpaired) electrons. The van der Waals surface area contributed by atoms with E-state index in [1.54, 1.807) is 12.5 Å².